The summed E-state index contributed by atoms with van der Waals surface area (Å²) in [7, 11) is 0. The maximum absolute atomic E-state index is 12.9. The van der Waals surface area contributed by atoms with E-state index in [1.807, 2.05) is 0 Å². The molecule has 4 nitrogen and oxygen atoms in total. The van der Waals surface area contributed by atoms with Crippen molar-refractivity contribution in [2.24, 2.45) is 0 Å². The van der Waals surface area contributed by atoms with Gasteiger partial charge in [-0.25, -0.2) is 9.07 Å². The quantitative estimate of drug-likeness (QED) is 0.927. The van der Waals surface area contributed by atoms with Gasteiger partial charge < -0.3 is 5.32 Å². The second kappa shape index (κ2) is 5.46. The fraction of sp³-hybridized carbons (Fsp3) is 0.333. The Morgan fingerprint density at radius 2 is 2.22 bits per heavy atom. The minimum Gasteiger partial charge on any atom is -0.309 e. The molecule has 0 saturated carbocycles. The van der Waals surface area contributed by atoms with Crippen molar-refractivity contribution in [2.45, 2.75) is 26.4 Å². The molecule has 2 rings (SSSR count). The second-order valence-corrected chi connectivity index (χ2v) is 4.69. The molecular formula is C12H14ClFN4. The van der Waals surface area contributed by atoms with Gasteiger partial charge in [0.15, 0.2) is 0 Å². The van der Waals surface area contributed by atoms with E-state index in [1.54, 1.807) is 16.9 Å². The maximum atomic E-state index is 12.9. The standard InChI is InChI=1S/C12H14ClFN4/c1-8(2)15-6-10-7-18(17-16-10)12-4-3-9(14)5-11(12)13/h3-5,7-8,15H,6H2,1-2H3. The van der Waals surface area contributed by atoms with Gasteiger partial charge in [-0.2, -0.15) is 0 Å². The monoisotopic (exact) mass is 268 g/mol. The van der Waals surface area contributed by atoms with Gasteiger partial charge in [0.2, 0.25) is 0 Å². The number of halogens is 2. The number of rotatable bonds is 4. The number of benzene rings is 1. The van der Waals surface area contributed by atoms with Crippen LogP contribution in [0.2, 0.25) is 5.02 Å². The Morgan fingerprint density at radius 3 is 2.89 bits per heavy atom. The molecule has 96 valence electrons. The molecule has 1 aromatic carbocycles. The third-order valence-corrected chi connectivity index (χ3v) is 2.69. The molecule has 0 aliphatic heterocycles. The number of nitrogens with zero attached hydrogens (tertiary/aromatic N) is 3. The van der Waals surface area contributed by atoms with Crippen LogP contribution in [0, 0.1) is 5.82 Å². The van der Waals surface area contributed by atoms with Crippen LogP contribution in [-0.4, -0.2) is 21.0 Å². The first-order valence-corrected chi connectivity index (χ1v) is 6.04. The molecule has 1 N–H and O–H groups in total. The highest BCUT2D eigenvalue weighted by atomic mass is 35.5. The predicted octanol–water partition coefficient (Wildman–Crippen LogP) is 2.56. The van der Waals surface area contributed by atoms with E-state index < -0.39 is 0 Å². The fourth-order valence-corrected chi connectivity index (χ4v) is 1.73. The van der Waals surface area contributed by atoms with Crippen LogP contribution < -0.4 is 5.32 Å². The van der Waals surface area contributed by atoms with E-state index >= 15 is 0 Å². The van der Waals surface area contributed by atoms with Crippen molar-refractivity contribution >= 4 is 11.6 Å². The van der Waals surface area contributed by atoms with Gasteiger partial charge >= 0.3 is 0 Å². The smallest absolute Gasteiger partial charge is 0.124 e. The molecule has 0 aliphatic rings. The van der Waals surface area contributed by atoms with E-state index in [0.29, 0.717) is 23.3 Å². The molecule has 0 unspecified atom stereocenters. The van der Waals surface area contributed by atoms with Crippen molar-refractivity contribution < 1.29 is 4.39 Å². The normalized spacial score (nSPS) is 11.2. The van der Waals surface area contributed by atoms with Gasteiger partial charge in [0.05, 0.1) is 22.6 Å². The first kappa shape index (κ1) is 13.0. The van der Waals surface area contributed by atoms with Gasteiger partial charge in [-0.3, -0.25) is 0 Å². The van der Waals surface area contributed by atoms with Gasteiger partial charge in [0, 0.05) is 12.6 Å². The molecule has 6 heteroatoms. The summed E-state index contributed by atoms with van der Waals surface area (Å²) in [5, 5.41) is 11.6. The minimum absolute atomic E-state index is 0.309. The molecule has 0 aliphatic carbocycles. The Morgan fingerprint density at radius 1 is 1.44 bits per heavy atom. The molecule has 0 saturated heterocycles. The number of aromatic nitrogens is 3. The first-order chi connectivity index (χ1) is 8.56. The van der Waals surface area contributed by atoms with Gasteiger partial charge in [-0.05, 0) is 18.2 Å². The lowest BCUT2D eigenvalue weighted by Gasteiger charge is -2.04. The van der Waals surface area contributed by atoms with Crippen molar-refractivity contribution in [3.05, 3.63) is 40.9 Å². The summed E-state index contributed by atoms with van der Waals surface area (Å²) in [5.74, 6) is -0.370. The molecule has 0 atom stereocenters. The van der Waals surface area contributed by atoms with Gasteiger partial charge in [0.25, 0.3) is 0 Å². The van der Waals surface area contributed by atoms with E-state index in [2.05, 4.69) is 29.5 Å². The van der Waals surface area contributed by atoms with E-state index in [0.717, 1.165) is 5.69 Å². The van der Waals surface area contributed by atoms with Crippen LogP contribution in [0.5, 0.6) is 0 Å². The maximum Gasteiger partial charge on any atom is 0.124 e. The van der Waals surface area contributed by atoms with Crippen LogP contribution in [0.1, 0.15) is 19.5 Å². The molecular weight excluding hydrogens is 255 g/mol. The summed E-state index contributed by atoms with van der Waals surface area (Å²) in [4.78, 5) is 0. The lowest BCUT2D eigenvalue weighted by molar-refractivity contribution is 0.580. The van der Waals surface area contributed by atoms with Crippen molar-refractivity contribution in [2.75, 3.05) is 0 Å². The van der Waals surface area contributed by atoms with Crippen LogP contribution >= 0.6 is 11.6 Å². The minimum atomic E-state index is -0.370. The number of nitrogens with one attached hydrogen (secondary N) is 1. The Labute approximate surface area is 110 Å². The molecule has 18 heavy (non-hydrogen) atoms. The van der Waals surface area contributed by atoms with Crippen LogP contribution in [0.3, 0.4) is 0 Å². The van der Waals surface area contributed by atoms with E-state index in [9.17, 15) is 4.39 Å². The zero-order valence-electron chi connectivity index (χ0n) is 10.2. The highest BCUT2D eigenvalue weighted by molar-refractivity contribution is 6.32. The third-order valence-electron chi connectivity index (χ3n) is 2.39. The summed E-state index contributed by atoms with van der Waals surface area (Å²) in [6.45, 7) is 4.75. The molecule has 1 heterocycles. The topological polar surface area (TPSA) is 42.7 Å². The summed E-state index contributed by atoms with van der Waals surface area (Å²) in [6.07, 6.45) is 1.77. The van der Waals surface area contributed by atoms with Crippen molar-refractivity contribution in [1.82, 2.24) is 20.3 Å². The van der Waals surface area contributed by atoms with E-state index in [4.69, 9.17) is 11.6 Å². The Hall–Kier alpha value is -1.46. The fourth-order valence-electron chi connectivity index (χ4n) is 1.47. The van der Waals surface area contributed by atoms with Gasteiger partial charge in [-0.15, -0.1) is 5.10 Å². The predicted molar refractivity (Wildman–Crippen MR) is 68.3 cm³/mol. The molecule has 0 spiro atoms. The van der Waals surface area contributed by atoms with Crippen LogP contribution in [-0.2, 0) is 6.54 Å². The lowest BCUT2D eigenvalue weighted by atomic mass is 10.3. The lowest BCUT2D eigenvalue weighted by Crippen LogP contribution is -2.21. The van der Waals surface area contributed by atoms with Gasteiger partial charge in [-0.1, -0.05) is 30.7 Å². The summed E-state index contributed by atoms with van der Waals surface area (Å²) in [5.41, 5.74) is 1.42. The van der Waals surface area contributed by atoms with E-state index in [-0.39, 0.29) is 5.82 Å². The molecule has 0 bridgehead atoms. The third kappa shape index (κ3) is 3.05. The zero-order chi connectivity index (χ0) is 13.1. The molecule has 2 aromatic rings. The van der Waals surface area contributed by atoms with Crippen molar-refractivity contribution in [1.29, 1.82) is 0 Å². The summed E-state index contributed by atoms with van der Waals surface area (Å²) < 4.78 is 14.5. The molecule has 0 radical (unpaired) electrons. The Balaban J connectivity index is 2.18. The first-order valence-electron chi connectivity index (χ1n) is 5.66. The average Bonchev–Trinajstić information content (AvgIpc) is 2.75. The Bertz CT molecular complexity index is 539. The summed E-state index contributed by atoms with van der Waals surface area (Å²) in [6, 6.07) is 4.55. The van der Waals surface area contributed by atoms with Crippen LogP contribution in [0.25, 0.3) is 5.69 Å². The zero-order valence-corrected chi connectivity index (χ0v) is 10.9. The largest absolute Gasteiger partial charge is 0.309 e. The number of hydrogen-bond acceptors (Lipinski definition) is 3. The SMILES string of the molecule is CC(C)NCc1cn(-c2ccc(F)cc2Cl)nn1. The average molecular weight is 269 g/mol. The highest BCUT2D eigenvalue weighted by Crippen LogP contribution is 2.20. The van der Waals surface area contributed by atoms with Crippen LogP contribution in [0.15, 0.2) is 24.4 Å². The summed E-state index contributed by atoms with van der Waals surface area (Å²) >= 11 is 5.96. The molecule has 0 fully saturated rings. The Kier molecular flexibility index (Phi) is 3.93. The molecule has 0 amide bonds. The number of hydrogen-bond donors (Lipinski definition) is 1. The second-order valence-electron chi connectivity index (χ2n) is 4.29. The van der Waals surface area contributed by atoms with Crippen LogP contribution in [0.4, 0.5) is 4.39 Å². The molecule has 1 aromatic heterocycles. The highest BCUT2D eigenvalue weighted by Gasteiger charge is 2.07. The van der Waals surface area contributed by atoms with Crippen molar-refractivity contribution in [3.8, 4) is 5.69 Å². The van der Waals surface area contributed by atoms with E-state index in [1.165, 1.54) is 12.1 Å². The van der Waals surface area contributed by atoms with Gasteiger partial charge in [0.1, 0.15) is 5.82 Å². The van der Waals surface area contributed by atoms with Crippen molar-refractivity contribution in [3.63, 3.8) is 0 Å².